The van der Waals surface area contributed by atoms with Gasteiger partial charge < -0.3 is 14.9 Å². The zero-order valence-electron chi connectivity index (χ0n) is 24.7. The molecule has 0 bridgehead atoms. The first-order chi connectivity index (χ1) is 20.4. The molecule has 43 heavy (non-hydrogen) atoms. The standard InChI is InChI=1S/C34H43F5O3S/c1-32-21-28(31-26-13-9-24(40)20-23(26)8-12-27(31)29(32)14-15-30(32)41)22-6-10-25(11-7-22)42-17-3-2-4-18-43-19-5-16-33(35,36)34(37,38)39/h6-7,9-11,13,20,27-31,40-41H,2-5,8,12,14-19,21H2,1H3. The summed E-state index contributed by atoms with van der Waals surface area (Å²) in [4.78, 5) is 0. The average molecular weight is 627 g/mol. The van der Waals surface area contributed by atoms with Crippen LogP contribution >= 0.6 is 11.8 Å². The highest BCUT2D eigenvalue weighted by Gasteiger charge is 2.58. The van der Waals surface area contributed by atoms with Crippen LogP contribution in [-0.2, 0) is 6.42 Å². The van der Waals surface area contributed by atoms with Gasteiger partial charge in [-0.1, -0.05) is 25.1 Å². The molecule has 2 aromatic carbocycles. The van der Waals surface area contributed by atoms with Gasteiger partial charge in [0.15, 0.2) is 0 Å². The Hall–Kier alpha value is -2.00. The van der Waals surface area contributed by atoms with Gasteiger partial charge in [-0.25, -0.2) is 0 Å². The Balaban J connectivity index is 1.11. The predicted molar refractivity (Wildman–Crippen MR) is 160 cm³/mol. The van der Waals surface area contributed by atoms with Crippen LogP contribution in [-0.4, -0.2) is 46.5 Å². The zero-order valence-corrected chi connectivity index (χ0v) is 25.5. The normalized spacial score (nSPS) is 28.7. The highest BCUT2D eigenvalue weighted by Crippen LogP contribution is 2.65. The molecule has 6 unspecified atom stereocenters. The second-order valence-corrected chi connectivity index (χ2v) is 14.2. The van der Waals surface area contributed by atoms with Gasteiger partial charge in [-0.2, -0.15) is 33.7 Å². The van der Waals surface area contributed by atoms with E-state index < -0.39 is 18.5 Å². The molecule has 9 heteroatoms. The van der Waals surface area contributed by atoms with Gasteiger partial charge in [-0.15, -0.1) is 0 Å². The fourth-order valence-electron chi connectivity index (χ4n) is 8.12. The van der Waals surface area contributed by atoms with Crippen molar-refractivity contribution in [2.24, 2.45) is 17.3 Å². The van der Waals surface area contributed by atoms with Crippen molar-refractivity contribution in [3.63, 3.8) is 0 Å². The zero-order chi connectivity index (χ0) is 30.8. The molecule has 0 heterocycles. The van der Waals surface area contributed by atoms with Crippen LogP contribution in [0, 0.1) is 17.3 Å². The summed E-state index contributed by atoms with van der Waals surface area (Å²) in [6.45, 7) is 2.84. The van der Waals surface area contributed by atoms with Crippen LogP contribution in [0.25, 0.3) is 0 Å². The van der Waals surface area contributed by atoms with E-state index >= 15 is 0 Å². The molecular weight excluding hydrogens is 583 g/mol. The van der Waals surface area contributed by atoms with Crippen molar-refractivity contribution in [2.75, 3.05) is 18.1 Å². The van der Waals surface area contributed by atoms with E-state index in [0.29, 0.717) is 35.9 Å². The van der Waals surface area contributed by atoms with Crippen LogP contribution in [0.1, 0.15) is 93.2 Å². The van der Waals surface area contributed by atoms with Crippen molar-refractivity contribution in [3.8, 4) is 11.5 Å². The fraction of sp³-hybridized carbons (Fsp3) is 0.647. The van der Waals surface area contributed by atoms with Crippen molar-refractivity contribution in [1.29, 1.82) is 0 Å². The molecule has 238 valence electrons. The van der Waals surface area contributed by atoms with Gasteiger partial charge >= 0.3 is 12.1 Å². The maximum Gasteiger partial charge on any atom is 0.453 e. The molecule has 3 aliphatic carbocycles. The van der Waals surface area contributed by atoms with E-state index in [4.69, 9.17) is 4.74 Å². The van der Waals surface area contributed by atoms with Crippen LogP contribution in [0.5, 0.6) is 11.5 Å². The van der Waals surface area contributed by atoms with Gasteiger partial charge in [0, 0.05) is 6.42 Å². The van der Waals surface area contributed by atoms with E-state index in [1.54, 1.807) is 0 Å². The number of aliphatic hydroxyl groups excluding tert-OH is 1. The molecule has 2 N–H and O–H groups in total. The molecule has 2 aromatic rings. The summed E-state index contributed by atoms with van der Waals surface area (Å²) < 4.78 is 68.5. The number of halogens is 5. The Bertz CT molecular complexity index is 1220. The van der Waals surface area contributed by atoms with Gasteiger partial charge in [0.05, 0.1) is 12.7 Å². The monoisotopic (exact) mass is 626 g/mol. The first kappa shape index (κ1) is 32.4. The number of benzene rings is 2. The number of aryl methyl sites for hydroxylation is 1. The molecule has 0 aliphatic heterocycles. The summed E-state index contributed by atoms with van der Waals surface area (Å²) in [5.41, 5.74) is 3.75. The Labute approximate surface area is 255 Å². The van der Waals surface area contributed by atoms with Crippen molar-refractivity contribution < 1.29 is 36.9 Å². The molecule has 3 aliphatic rings. The number of ether oxygens (including phenoxy) is 1. The Morgan fingerprint density at radius 2 is 1.67 bits per heavy atom. The second-order valence-electron chi connectivity index (χ2n) is 13.0. The van der Waals surface area contributed by atoms with Crippen molar-refractivity contribution in [3.05, 3.63) is 59.2 Å². The van der Waals surface area contributed by atoms with E-state index in [2.05, 4.69) is 25.1 Å². The van der Waals surface area contributed by atoms with Crippen molar-refractivity contribution in [1.82, 2.24) is 0 Å². The number of hydrogen-bond donors (Lipinski definition) is 2. The van der Waals surface area contributed by atoms with Crippen LogP contribution in [0.4, 0.5) is 22.0 Å². The summed E-state index contributed by atoms with van der Waals surface area (Å²) in [5.74, 6) is -0.815. The van der Waals surface area contributed by atoms with Crippen LogP contribution < -0.4 is 4.74 Å². The molecule has 0 amide bonds. The Morgan fingerprint density at radius 1 is 0.930 bits per heavy atom. The first-order valence-electron chi connectivity index (χ1n) is 15.7. The topological polar surface area (TPSA) is 49.7 Å². The van der Waals surface area contributed by atoms with Gasteiger partial charge in [-0.05, 0) is 139 Å². The highest BCUT2D eigenvalue weighted by atomic mass is 32.2. The van der Waals surface area contributed by atoms with E-state index in [0.717, 1.165) is 62.9 Å². The molecule has 6 atom stereocenters. The van der Waals surface area contributed by atoms with Crippen LogP contribution in [0.3, 0.4) is 0 Å². The van der Waals surface area contributed by atoms with Gasteiger partial charge in [0.2, 0.25) is 0 Å². The van der Waals surface area contributed by atoms with E-state index in [1.807, 2.05) is 24.3 Å². The fourth-order valence-corrected chi connectivity index (χ4v) is 9.08. The number of aliphatic hydroxyl groups is 1. The molecule has 2 fully saturated rings. The number of aromatic hydroxyl groups is 1. The number of rotatable bonds is 12. The SMILES string of the molecule is CC12CC(c3ccc(OCCCCCSCCCC(F)(F)C(F)(F)F)cc3)C3c4ccc(O)cc4CCC3C1CCC2O. The van der Waals surface area contributed by atoms with E-state index in [9.17, 15) is 32.2 Å². The third-order valence-corrected chi connectivity index (χ3v) is 11.5. The third-order valence-electron chi connectivity index (χ3n) is 10.4. The number of phenols is 1. The smallest absolute Gasteiger partial charge is 0.453 e. The number of thioether (sulfide) groups is 1. The molecule has 0 radical (unpaired) electrons. The number of fused-ring (bicyclic) bond motifs is 5. The number of alkyl halides is 5. The predicted octanol–water partition coefficient (Wildman–Crippen LogP) is 9.26. The molecule has 0 aromatic heterocycles. The van der Waals surface area contributed by atoms with E-state index in [-0.39, 0.29) is 23.9 Å². The molecule has 2 saturated carbocycles. The summed E-state index contributed by atoms with van der Waals surface area (Å²) in [7, 11) is 0. The summed E-state index contributed by atoms with van der Waals surface area (Å²) in [6.07, 6.45) is 0.456. The minimum Gasteiger partial charge on any atom is -0.508 e. The van der Waals surface area contributed by atoms with Crippen LogP contribution in [0.2, 0.25) is 0 Å². The molecule has 3 nitrogen and oxygen atoms in total. The lowest BCUT2D eigenvalue weighted by atomic mass is 9.51. The van der Waals surface area contributed by atoms with Gasteiger partial charge in [0.1, 0.15) is 11.5 Å². The second kappa shape index (κ2) is 13.2. The van der Waals surface area contributed by atoms with Gasteiger partial charge in [-0.3, -0.25) is 0 Å². The summed E-state index contributed by atoms with van der Waals surface area (Å²) >= 11 is 1.41. The molecule has 0 spiro atoms. The minimum atomic E-state index is -5.47. The third kappa shape index (κ3) is 6.98. The molecular formula is C34H43F5O3S. The summed E-state index contributed by atoms with van der Waals surface area (Å²) in [6, 6.07) is 14.2. The average Bonchev–Trinajstić information content (AvgIpc) is 3.26. The van der Waals surface area contributed by atoms with Gasteiger partial charge in [0.25, 0.3) is 0 Å². The maximum atomic E-state index is 12.9. The lowest BCUT2D eigenvalue weighted by Gasteiger charge is -2.54. The van der Waals surface area contributed by atoms with E-state index in [1.165, 1.54) is 28.5 Å². The number of unbranched alkanes of at least 4 members (excludes halogenated alkanes) is 2. The maximum absolute atomic E-state index is 12.9. The quantitative estimate of drug-likeness (QED) is 0.182. The molecule has 5 rings (SSSR count). The Kier molecular flexibility index (Phi) is 9.91. The number of phenolic OH excluding ortho intramolecular Hbond substituents is 1. The number of hydrogen-bond acceptors (Lipinski definition) is 4. The highest BCUT2D eigenvalue weighted by molar-refractivity contribution is 7.99. The largest absolute Gasteiger partial charge is 0.508 e. The lowest BCUT2D eigenvalue weighted by molar-refractivity contribution is -0.284. The summed E-state index contributed by atoms with van der Waals surface area (Å²) in [5, 5.41) is 21.2. The lowest BCUT2D eigenvalue weighted by Crippen LogP contribution is -2.47. The first-order valence-corrected chi connectivity index (χ1v) is 16.8. The van der Waals surface area contributed by atoms with Crippen LogP contribution in [0.15, 0.2) is 42.5 Å². The Morgan fingerprint density at radius 3 is 2.42 bits per heavy atom. The van der Waals surface area contributed by atoms with Crippen molar-refractivity contribution in [2.45, 2.75) is 101 Å². The van der Waals surface area contributed by atoms with Crippen molar-refractivity contribution >= 4 is 11.8 Å². The molecule has 0 saturated heterocycles. The minimum absolute atomic E-state index is 0.0954.